The summed E-state index contributed by atoms with van der Waals surface area (Å²) in [6, 6.07) is 8.67. The van der Waals surface area contributed by atoms with Crippen LogP contribution >= 0.6 is 24.0 Å². The maximum Gasteiger partial charge on any atom is 0.220 e. The molecule has 0 radical (unpaired) electrons. The van der Waals surface area contributed by atoms with Crippen LogP contribution in [0.4, 0.5) is 0 Å². The summed E-state index contributed by atoms with van der Waals surface area (Å²) in [6.45, 7) is 9.82. The smallest absolute Gasteiger partial charge is 0.220 e. The molecule has 2 aliphatic rings. The third kappa shape index (κ3) is 7.88. The number of piperidine rings is 1. The number of likely N-dealkylation sites (tertiary alicyclic amines) is 1. The molecule has 2 heterocycles. The van der Waals surface area contributed by atoms with Gasteiger partial charge >= 0.3 is 0 Å². The summed E-state index contributed by atoms with van der Waals surface area (Å²) in [5, 5.41) is 6.31. The molecule has 32 heavy (non-hydrogen) atoms. The van der Waals surface area contributed by atoms with E-state index < -0.39 is 0 Å². The highest BCUT2D eigenvalue weighted by Crippen LogP contribution is 2.21. The minimum absolute atomic E-state index is 0. The summed E-state index contributed by atoms with van der Waals surface area (Å²) in [5.74, 6) is 1.55. The lowest BCUT2D eigenvalue weighted by Crippen LogP contribution is -2.46. The Morgan fingerprint density at radius 1 is 1.12 bits per heavy atom. The fourth-order valence-electron chi connectivity index (χ4n) is 4.76. The summed E-state index contributed by atoms with van der Waals surface area (Å²) < 4.78 is 5.88. The average molecular weight is 558 g/mol. The van der Waals surface area contributed by atoms with Crippen molar-refractivity contribution in [3.8, 4) is 0 Å². The quantitative estimate of drug-likeness (QED) is 0.320. The highest BCUT2D eigenvalue weighted by atomic mass is 127. The van der Waals surface area contributed by atoms with Crippen LogP contribution in [0.1, 0.15) is 44.2 Å². The van der Waals surface area contributed by atoms with Crippen LogP contribution in [0.3, 0.4) is 0 Å². The Bertz CT molecular complexity index is 742. The van der Waals surface area contributed by atoms with Crippen molar-refractivity contribution in [2.45, 2.75) is 58.4 Å². The maximum atomic E-state index is 11.7. The monoisotopic (exact) mass is 557 g/mol. The molecule has 0 aromatic heterocycles. The van der Waals surface area contributed by atoms with Crippen LogP contribution in [-0.4, -0.2) is 74.1 Å². The number of amides is 1. The van der Waals surface area contributed by atoms with Crippen LogP contribution in [0.2, 0.25) is 0 Å². The number of nitrogens with one attached hydrogen (secondary N) is 2. The summed E-state index contributed by atoms with van der Waals surface area (Å²) in [5.41, 5.74) is 2.67. The van der Waals surface area contributed by atoms with Gasteiger partial charge in [-0.15, -0.1) is 24.0 Å². The number of benzene rings is 1. The molecule has 0 aliphatic carbocycles. The molecule has 2 N–H and O–H groups in total. The predicted molar refractivity (Wildman–Crippen MR) is 140 cm³/mol. The van der Waals surface area contributed by atoms with Gasteiger partial charge in [-0.3, -0.25) is 14.7 Å². The topological polar surface area (TPSA) is 69.2 Å². The number of nitrogens with zero attached hydrogens (tertiary/aromatic N) is 3. The summed E-state index contributed by atoms with van der Waals surface area (Å²) >= 11 is 0. The fraction of sp³-hybridized carbons (Fsp3) is 0.667. The molecule has 2 aliphatic heterocycles. The normalized spacial score (nSPS) is 22.9. The minimum Gasteiger partial charge on any atom is -0.373 e. The van der Waals surface area contributed by atoms with E-state index in [1.807, 2.05) is 7.05 Å². The van der Waals surface area contributed by atoms with E-state index in [9.17, 15) is 4.79 Å². The molecule has 8 heteroatoms. The fourth-order valence-corrected chi connectivity index (χ4v) is 4.76. The average Bonchev–Trinajstić information content (AvgIpc) is 2.75. The van der Waals surface area contributed by atoms with E-state index >= 15 is 0 Å². The van der Waals surface area contributed by atoms with Crippen molar-refractivity contribution in [2.24, 2.45) is 10.9 Å². The van der Waals surface area contributed by atoms with Crippen molar-refractivity contribution in [2.75, 3.05) is 40.3 Å². The second-order valence-corrected chi connectivity index (χ2v) is 8.93. The van der Waals surface area contributed by atoms with E-state index in [0.717, 1.165) is 58.1 Å². The van der Waals surface area contributed by atoms with E-state index in [2.05, 4.69) is 63.5 Å². The van der Waals surface area contributed by atoms with Gasteiger partial charge in [-0.05, 0) is 43.7 Å². The van der Waals surface area contributed by atoms with E-state index in [4.69, 9.17) is 4.74 Å². The Kier molecular flexibility index (Phi) is 11.2. The summed E-state index contributed by atoms with van der Waals surface area (Å²) in [6.07, 6.45) is 3.23. The molecule has 0 spiro atoms. The van der Waals surface area contributed by atoms with Gasteiger partial charge in [-0.25, -0.2) is 0 Å². The molecule has 0 bridgehead atoms. The lowest BCUT2D eigenvalue weighted by atomic mass is 9.93. The van der Waals surface area contributed by atoms with Crippen LogP contribution < -0.4 is 10.6 Å². The van der Waals surface area contributed by atoms with Crippen molar-refractivity contribution >= 4 is 35.8 Å². The first kappa shape index (κ1) is 26.9. The molecule has 180 valence electrons. The van der Waals surface area contributed by atoms with Crippen LogP contribution in [0.25, 0.3) is 0 Å². The number of halogens is 1. The van der Waals surface area contributed by atoms with Gasteiger partial charge in [0.15, 0.2) is 5.96 Å². The Hall–Kier alpha value is -1.39. The molecule has 2 atom stereocenters. The van der Waals surface area contributed by atoms with Crippen molar-refractivity contribution in [3.63, 3.8) is 0 Å². The molecule has 2 fully saturated rings. The summed E-state index contributed by atoms with van der Waals surface area (Å²) in [7, 11) is 3.56. The first-order chi connectivity index (χ1) is 15.0. The zero-order chi connectivity index (χ0) is 22.2. The van der Waals surface area contributed by atoms with E-state index in [0.29, 0.717) is 12.3 Å². The molecule has 2 saturated heterocycles. The number of guanidine groups is 1. The molecular formula is C24H40IN5O2. The molecule has 1 aromatic rings. The number of morpholine rings is 1. The van der Waals surface area contributed by atoms with Gasteiger partial charge < -0.3 is 20.3 Å². The van der Waals surface area contributed by atoms with Gasteiger partial charge in [-0.2, -0.15) is 0 Å². The zero-order valence-corrected chi connectivity index (χ0v) is 22.3. The highest BCUT2D eigenvalue weighted by Gasteiger charge is 2.24. The Balaban J connectivity index is 0.00000363. The number of rotatable bonds is 6. The van der Waals surface area contributed by atoms with Crippen LogP contribution in [-0.2, 0) is 22.6 Å². The number of carbonyl (C=O) groups is 1. The molecule has 2 unspecified atom stereocenters. The number of ether oxygens (including phenoxy) is 1. The predicted octanol–water partition coefficient (Wildman–Crippen LogP) is 2.84. The van der Waals surface area contributed by atoms with Crippen LogP contribution in [0.5, 0.6) is 0 Å². The minimum atomic E-state index is 0. The first-order valence-electron chi connectivity index (χ1n) is 11.6. The van der Waals surface area contributed by atoms with Crippen LogP contribution in [0, 0.1) is 5.92 Å². The van der Waals surface area contributed by atoms with Crippen molar-refractivity contribution in [1.29, 1.82) is 0 Å². The van der Waals surface area contributed by atoms with Gasteiger partial charge in [0.25, 0.3) is 0 Å². The van der Waals surface area contributed by atoms with Gasteiger partial charge in [0.2, 0.25) is 5.91 Å². The number of hydrogen-bond donors (Lipinski definition) is 2. The molecular weight excluding hydrogens is 517 g/mol. The standard InChI is InChI=1S/C24H39N5O2.HI/c1-18-15-28(16-19(2)31-18)17-22-8-6-5-7-21(22)14-27-24(26-4)29-11-9-20(10-12-29)13-23(30)25-3;/h5-8,18-20H,9-17H2,1-4H3,(H,25,30)(H,26,27);1H. The molecule has 1 amide bonds. The lowest BCUT2D eigenvalue weighted by molar-refractivity contribution is -0.121. The molecule has 1 aromatic carbocycles. The SMILES string of the molecule is CN=C(NCc1ccccc1CN1CC(C)OC(C)C1)N1CCC(CC(=O)NC)CC1.I. The van der Waals surface area contributed by atoms with Gasteiger partial charge in [-0.1, -0.05) is 24.3 Å². The third-order valence-electron chi connectivity index (χ3n) is 6.32. The molecule has 0 saturated carbocycles. The van der Waals surface area contributed by atoms with Crippen LogP contribution in [0.15, 0.2) is 29.3 Å². The van der Waals surface area contributed by atoms with E-state index in [1.54, 1.807) is 7.05 Å². The van der Waals surface area contributed by atoms with Gasteiger partial charge in [0, 0.05) is 59.8 Å². The van der Waals surface area contributed by atoms with Gasteiger partial charge in [0.1, 0.15) is 0 Å². The second kappa shape index (κ2) is 13.3. The number of carbonyl (C=O) groups excluding carboxylic acids is 1. The maximum absolute atomic E-state index is 11.7. The number of hydrogen-bond acceptors (Lipinski definition) is 4. The van der Waals surface area contributed by atoms with Gasteiger partial charge in [0.05, 0.1) is 12.2 Å². The van der Waals surface area contributed by atoms with E-state index in [-0.39, 0.29) is 42.1 Å². The van der Waals surface area contributed by atoms with Crippen molar-refractivity contribution in [1.82, 2.24) is 20.4 Å². The molecule has 3 rings (SSSR count). The Morgan fingerprint density at radius 3 is 2.34 bits per heavy atom. The van der Waals surface area contributed by atoms with Crippen molar-refractivity contribution in [3.05, 3.63) is 35.4 Å². The zero-order valence-electron chi connectivity index (χ0n) is 20.0. The Labute approximate surface area is 210 Å². The Morgan fingerprint density at radius 2 is 1.75 bits per heavy atom. The lowest BCUT2D eigenvalue weighted by Gasteiger charge is -2.36. The largest absolute Gasteiger partial charge is 0.373 e. The number of aliphatic imine (C=N–C) groups is 1. The molecule has 7 nitrogen and oxygen atoms in total. The second-order valence-electron chi connectivity index (χ2n) is 8.93. The summed E-state index contributed by atoms with van der Waals surface area (Å²) in [4.78, 5) is 21.0. The van der Waals surface area contributed by atoms with E-state index in [1.165, 1.54) is 11.1 Å². The highest BCUT2D eigenvalue weighted by molar-refractivity contribution is 14.0. The first-order valence-corrected chi connectivity index (χ1v) is 11.6. The van der Waals surface area contributed by atoms with Crippen molar-refractivity contribution < 1.29 is 9.53 Å². The third-order valence-corrected chi connectivity index (χ3v) is 6.32.